The van der Waals surface area contributed by atoms with Gasteiger partial charge in [-0.3, -0.25) is 4.79 Å². The van der Waals surface area contributed by atoms with Crippen LogP contribution in [0.25, 0.3) is 11.1 Å². The number of nitrogens with one attached hydrogen (secondary N) is 2. The lowest BCUT2D eigenvalue weighted by Gasteiger charge is -2.20. The summed E-state index contributed by atoms with van der Waals surface area (Å²) < 4.78 is 10.6. The molecule has 0 saturated carbocycles. The van der Waals surface area contributed by atoms with E-state index in [4.69, 9.17) is 9.47 Å². The standard InChI is InChI=1S/C27H26N2O6/c1-16-11-12-17(26(31)32)13-23(16)28-25(30)24(15-34-2)29-27(33)35-14-22-20-9-5-3-7-18(20)19-8-4-6-10-21(19)22/h3-13,22,24H,14-15H2,1-2H3,(H,28,30)(H,29,33)(H,31,32). The number of hydrogen-bond acceptors (Lipinski definition) is 5. The Hall–Kier alpha value is -4.17. The van der Waals surface area contributed by atoms with E-state index in [1.165, 1.54) is 19.2 Å². The van der Waals surface area contributed by atoms with Crippen molar-refractivity contribution < 1.29 is 29.0 Å². The third-order valence-corrected chi connectivity index (χ3v) is 6.03. The monoisotopic (exact) mass is 474 g/mol. The topological polar surface area (TPSA) is 114 Å². The summed E-state index contributed by atoms with van der Waals surface area (Å²) in [6.45, 7) is 1.76. The molecule has 3 N–H and O–H groups in total. The van der Waals surface area contributed by atoms with E-state index in [-0.39, 0.29) is 24.7 Å². The van der Waals surface area contributed by atoms with Crippen molar-refractivity contribution in [3.63, 3.8) is 0 Å². The van der Waals surface area contributed by atoms with Crippen LogP contribution < -0.4 is 10.6 Å². The first-order chi connectivity index (χ1) is 16.9. The second-order valence-electron chi connectivity index (χ2n) is 8.30. The van der Waals surface area contributed by atoms with Crippen molar-refractivity contribution in [1.29, 1.82) is 0 Å². The third-order valence-electron chi connectivity index (χ3n) is 6.03. The van der Waals surface area contributed by atoms with Gasteiger partial charge in [0, 0.05) is 18.7 Å². The lowest BCUT2D eigenvalue weighted by molar-refractivity contribution is -0.119. The highest BCUT2D eigenvalue weighted by Gasteiger charge is 2.30. The molecular weight excluding hydrogens is 448 g/mol. The number of methoxy groups -OCH3 is 1. The number of carbonyl (C=O) groups is 3. The molecule has 0 aromatic heterocycles. The van der Waals surface area contributed by atoms with Crippen molar-refractivity contribution in [3.05, 3.63) is 89.0 Å². The Bertz CT molecular complexity index is 1230. The van der Waals surface area contributed by atoms with E-state index in [0.29, 0.717) is 11.3 Å². The minimum Gasteiger partial charge on any atom is -0.478 e. The number of hydrogen-bond donors (Lipinski definition) is 3. The van der Waals surface area contributed by atoms with Gasteiger partial charge in [0.2, 0.25) is 5.91 Å². The molecule has 180 valence electrons. The summed E-state index contributed by atoms with van der Waals surface area (Å²) in [5.74, 6) is -1.76. The molecule has 0 fully saturated rings. The average Bonchev–Trinajstić information content (AvgIpc) is 3.17. The second-order valence-corrected chi connectivity index (χ2v) is 8.30. The summed E-state index contributed by atoms with van der Waals surface area (Å²) in [6.07, 6.45) is -0.750. The van der Waals surface area contributed by atoms with Crippen LogP contribution in [0.2, 0.25) is 0 Å². The van der Waals surface area contributed by atoms with Gasteiger partial charge in [0.15, 0.2) is 0 Å². The molecular formula is C27H26N2O6. The number of alkyl carbamates (subject to hydrolysis) is 1. The van der Waals surface area contributed by atoms with Crippen LogP contribution in [0.15, 0.2) is 66.7 Å². The van der Waals surface area contributed by atoms with Gasteiger partial charge in [0.1, 0.15) is 12.6 Å². The van der Waals surface area contributed by atoms with Crippen LogP contribution in [0.5, 0.6) is 0 Å². The van der Waals surface area contributed by atoms with Crippen LogP contribution in [0, 0.1) is 6.92 Å². The number of fused-ring (bicyclic) bond motifs is 3. The predicted molar refractivity (Wildman–Crippen MR) is 131 cm³/mol. The van der Waals surface area contributed by atoms with E-state index in [1.54, 1.807) is 13.0 Å². The maximum Gasteiger partial charge on any atom is 0.407 e. The SMILES string of the molecule is COCC(NC(=O)OCC1c2ccccc2-c2ccccc21)C(=O)Nc1cc(C(=O)O)ccc1C. The zero-order chi connectivity index (χ0) is 24.9. The number of aromatic carboxylic acids is 1. The molecule has 0 heterocycles. The lowest BCUT2D eigenvalue weighted by Crippen LogP contribution is -2.47. The molecule has 1 aliphatic rings. The number of benzene rings is 3. The number of aryl methyl sites for hydroxylation is 1. The molecule has 1 atom stereocenters. The smallest absolute Gasteiger partial charge is 0.407 e. The van der Waals surface area contributed by atoms with Crippen molar-refractivity contribution in [2.75, 3.05) is 25.6 Å². The fraction of sp³-hybridized carbons (Fsp3) is 0.222. The second kappa shape index (κ2) is 10.4. The van der Waals surface area contributed by atoms with Gasteiger partial charge in [-0.1, -0.05) is 54.6 Å². The van der Waals surface area contributed by atoms with Crippen LogP contribution >= 0.6 is 0 Å². The molecule has 2 amide bonds. The minimum absolute atomic E-state index is 0.0405. The van der Waals surface area contributed by atoms with Crippen molar-refractivity contribution in [1.82, 2.24) is 5.32 Å². The summed E-state index contributed by atoms with van der Waals surface area (Å²) in [5, 5.41) is 14.4. The number of anilines is 1. The molecule has 8 nitrogen and oxygen atoms in total. The Morgan fingerprint density at radius 2 is 1.60 bits per heavy atom. The van der Waals surface area contributed by atoms with Crippen molar-refractivity contribution in [3.8, 4) is 11.1 Å². The third kappa shape index (κ3) is 5.17. The van der Waals surface area contributed by atoms with Crippen LogP contribution in [0.4, 0.5) is 10.5 Å². The first-order valence-electron chi connectivity index (χ1n) is 11.1. The van der Waals surface area contributed by atoms with E-state index in [0.717, 1.165) is 22.3 Å². The number of carbonyl (C=O) groups excluding carboxylic acids is 2. The van der Waals surface area contributed by atoms with Gasteiger partial charge in [-0.15, -0.1) is 0 Å². The van der Waals surface area contributed by atoms with Gasteiger partial charge in [0.05, 0.1) is 12.2 Å². The molecule has 3 aromatic carbocycles. The Morgan fingerprint density at radius 1 is 0.971 bits per heavy atom. The zero-order valence-corrected chi connectivity index (χ0v) is 19.4. The molecule has 0 saturated heterocycles. The van der Waals surface area contributed by atoms with Crippen LogP contribution in [-0.4, -0.2) is 49.4 Å². The number of rotatable bonds is 8. The maximum absolute atomic E-state index is 12.9. The number of carboxylic acid groups (broad SMARTS) is 1. The maximum atomic E-state index is 12.9. The Morgan fingerprint density at radius 3 is 2.20 bits per heavy atom. The molecule has 1 aliphatic carbocycles. The van der Waals surface area contributed by atoms with Gasteiger partial charge >= 0.3 is 12.1 Å². The van der Waals surface area contributed by atoms with Gasteiger partial charge in [-0.05, 0) is 46.9 Å². The molecule has 35 heavy (non-hydrogen) atoms. The highest BCUT2D eigenvalue weighted by molar-refractivity contribution is 5.98. The summed E-state index contributed by atoms with van der Waals surface area (Å²) in [4.78, 5) is 36.7. The lowest BCUT2D eigenvalue weighted by atomic mass is 9.98. The molecule has 0 aliphatic heterocycles. The quantitative estimate of drug-likeness (QED) is 0.451. The molecule has 3 aromatic rings. The number of ether oxygens (including phenoxy) is 2. The normalized spacial score (nSPS) is 12.9. The van der Waals surface area contributed by atoms with Gasteiger partial charge < -0.3 is 25.2 Å². The zero-order valence-electron chi connectivity index (χ0n) is 19.4. The van der Waals surface area contributed by atoms with E-state index in [1.807, 2.05) is 36.4 Å². The van der Waals surface area contributed by atoms with E-state index < -0.39 is 24.0 Å². The van der Waals surface area contributed by atoms with Crippen LogP contribution in [-0.2, 0) is 14.3 Å². The molecule has 8 heteroatoms. The molecule has 0 bridgehead atoms. The van der Waals surface area contributed by atoms with Crippen molar-refractivity contribution >= 4 is 23.7 Å². The minimum atomic E-state index is -1.11. The van der Waals surface area contributed by atoms with Gasteiger partial charge in [-0.25, -0.2) is 9.59 Å². The highest BCUT2D eigenvalue weighted by atomic mass is 16.5. The molecule has 0 radical (unpaired) electrons. The summed E-state index contributed by atoms with van der Waals surface area (Å²) in [5.41, 5.74) is 5.47. The predicted octanol–water partition coefficient (Wildman–Crippen LogP) is 4.19. The first kappa shape index (κ1) is 24.0. The Balaban J connectivity index is 1.42. The Labute approximate surface area is 202 Å². The van der Waals surface area contributed by atoms with Gasteiger partial charge in [-0.2, -0.15) is 0 Å². The summed E-state index contributed by atoms with van der Waals surface area (Å²) in [7, 11) is 1.41. The summed E-state index contributed by atoms with van der Waals surface area (Å²) >= 11 is 0. The Kier molecular flexibility index (Phi) is 7.12. The number of amides is 2. The largest absolute Gasteiger partial charge is 0.478 e. The van der Waals surface area contributed by atoms with Crippen LogP contribution in [0.1, 0.15) is 33.0 Å². The highest BCUT2D eigenvalue weighted by Crippen LogP contribution is 2.44. The van der Waals surface area contributed by atoms with Crippen LogP contribution in [0.3, 0.4) is 0 Å². The molecule has 0 spiro atoms. The molecule has 4 rings (SSSR count). The molecule has 1 unspecified atom stereocenters. The van der Waals surface area contributed by atoms with Crippen molar-refractivity contribution in [2.24, 2.45) is 0 Å². The summed E-state index contributed by atoms with van der Waals surface area (Å²) in [6, 6.07) is 19.4. The fourth-order valence-electron chi connectivity index (χ4n) is 4.24. The van der Waals surface area contributed by atoms with E-state index in [9.17, 15) is 19.5 Å². The van der Waals surface area contributed by atoms with Gasteiger partial charge in [0.25, 0.3) is 0 Å². The number of carboxylic acids is 1. The average molecular weight is 475 g/mol. The fourth-order valence-corrected chi connectivity index (χ4v) is 4.24. The first-order valence-corrected chi connectivity index (χ1v) is 11.1. The van der Waals surface area contributed by atoms with E-state index >= 15 is 0 Å². The van der Waals surface area contributed by atoms with E-state index in [2.05, 4.69) is 22.8 Å². The van der Waals surface area contributed by atoms with Crippen molar-refractivity contribution in [2.45, 2.75) is 18.9 Å².